The minimum absolute atomic E-state index is 0.0170. The second-order valence-corrected chi connectivity index (χ2v) is 3.96. The molecule has 7 heteroatoms. The van der Waals surface area contributed by atoms with Crippen molar-refractivity contribution in [2.75, 3.05) is 12.4 Å². The number of halogens is 1. The van der Waals surface area contributed by atoms with Crippen molar-refractivity contribution in [3.63, 3.8) is 0 Å². The molecular formula is C9H11BrN2O4. The van der Waals surface area contributed by atoms with Gasteiger partial charge < -0.3 is 9.32 Å². The maximum absolute atomic E-state index is 11.8. The van der Waals surface area contributed by atoms with E-state index in [9.17, 15) is 14.9 Å². The van der Waals surface area contributed by atoms with Crippen LogP contribution in [-0.4, -0.2) is 34.2 Å². The summed E-state index contributed by atoms with van der Waals surface area (Å²) in [5.41, 5.74) is 0. The molecule has 0 bridgehead atoms. The van der Waals surface area contributed by atoms with E-state index in [1.165, 1.54) is 17.0 Å². The van der Waals surface area contributed by atoms with Crippen molar-refractivity contribution in [3.8, 4) is 0 Å². The van der Waals surface area contributed by atoms with Gasteiger partial charge in [-0.2, -0.15) is 0 Å². The third kappa shape index (κ3) is 2.60. The maximum atomic E-state index is 11.8. The van der Waals surface area contributed by atoms with Gasteiger partial charge >= 0.3 is 5.88 Å². The van der Waals surface area contributed by atoms with Crippen LogP contribution in [0.4, 0.5) is 5.88 Å². The summed E-state index contributed by atoms with van der Waals surface area (Å²) >= 11 is 3.25. The Labute approximate surface area is 100 Å². The Morgan fingerprint density at radius 1 is 1.69 bits per heavy atom. The Bertz CT molecular complexity index is 404. The summed E-state index contributed by atoms with van der Waals surface area (Å²) in [6, 6.07) is 2.45. The summed E-state index contributed by atoms with van der Waals surface area (Å²) in [5.74, 6) is -0.828. The molecule has 1 heterocycles. The first-order valence-electron chi connectivity index (χ1n) is 4.54. The van der Waals surface area contributed by atoms with E-state index in [4.69, 9.17) is 4.42 Å². The van der Waals surface area contributed by atoms with Crippen LogP contribution in [0.1, 0.15) is 17.5 Å². The predicted molar refractivity (Wildman–Crippen MR) is 60.7 cm³/mol. The molecule has 0 aliphatic rings. The van der Waals surface area contributed by atoms with E-state index < -0.39 is 10.8 Å². The van der Waals surface area contributed by atoms with E-state index in [0.29, 0.717) is 5.33 Å². The monoisotopic (exact) mass is 290 g/mol. The molecule has 88 valence electrons. The van der Waals surface area contributed by atoms with Crippen LogP contribution >= 0.6 is 15.9 Å². The van der Waals surface area contributed by atoms with Gasteiger partial charge in [-0.25, -0.2) is 0 Å². The van der Waals surface area contributed by atoms with Crippen molar-refractivity contribution in [3.05, 3.63) is 28.0 Å². The van der Waals surface area contributed by atoms with Gasteiger partial charge in [-0.05, 0) is 13.0 Å². The number of amides is 1. The molecule has 0 N–H and O–H groups in total. The van der Waals surface area contributed by atoms with Crippen molar-refractivity contribution >= 4 is 27.7 Å². The normalized spacial score (nSPS) is 12.2. The largest absolute Gasteiger partial charge is 0.433 e. The summed E-state index contributed by atoms with van der Waals surface area (Å²) < 4.78 is 4.82. The van der Waals surface area contributed by atoms with Crippen molar-refractivity contribution in [2.45, 2.75) is 13.0 Å². The fraction of sp³-hybridized carbons (Fsp3) is 0.444. The highest BCUT2D eigenvalue weighted by Gasteiger charge is 2.22. The van der Waals surface area contributed by atoms with Gasteiger partial charge in [-0.15, -0.1) is 0 Å². The summed E-state index contributed by atoms with van der Waals surface area (Å²) in [4.78, 5) is 22.9. The first-order chi connectivity index (χ1) is 7.47. The van der Waals surface area contributed by atoms with E-state index in [0.717, 1.165) is 0 Å². The Morgan fingerprint density at radius 2 is 2.31 bits per heavy atom. The van der Waals surface area contributed by atoms with Crippen LogP contribution in [0, 0.1) is 10.1 Å². The zero-order valence-electron chi connectivity index (χ0n) is 8.84. The molecule has 1 amide bonds. The van der Waals surface area contributed by atoms with E-state index in [-0.39, 0.29) is 17.7 Å². The van der Waals surface area contributed by atoms with Crippen LogP contribution in [0.3, 0.4) is 0 Å². The van der Waals surface area contributed by atoms with E-state index in [1.807, 2.05) is 6.92 Å². The standard InChI is InChI=1S/C9H11BrN2O4/c1-6(5-10)11(2)9(13)7-3-4-8(16-7)12(14)15/h3-4,6H,5H2,1-2H3. The molecule has 1 aromatic rings. The average molecular weight is 291 g/mol. The lowest BCUT2D eigenvalue weighted by molar-refractivity contribution is -0.402. The van der Waals surface area contributed by atoms with Crippen molar-refractivity contribution in [1.82, 2.24) is 4.90 Å². The molecule has 0 aliphatic heterocycles. The molecule has 6 nitrogen and oxygen atoms in total. The summed E-state index contributed by atoms with van der Waals surface area (Å²) in [7, 11) is 1.61. The maximum Gasteiger partial charge on any atom is 0.433 e. The van der Waals surface area contributed by atoms with Crippen molar-refractivity contribution in [2.24, 2.45) is 0 Å². The molecule has 0 spiro atoms. The van der Waals surface area contributed by atoms with Gasteiger partial charge in [0.25, 0.3) is 5.91 Å². The highest BCUT2D eigenvalue weighted by atomic mass is 79.9. The number of carbonyl (C=O) groups is 1. The highest BCUT2D eigenvalue weighted by Crippen LogP contribution is 2.17. The van der Waals surface area contributed by atoms with Crippen LogP contribution < -0.4 is 0 Å². The minimum atomic E-state index is -0.676. The molecule has 0 aromatic carbocycles. The number of hydrogen-bond donors (Lipinski definition) is 0. The van der Waals surface area contributed by atoms with Gasteiger partial charge in [0.1, 0.15) is 4.92 Å². The lowest BCUT2D eigenvalue weighted by atomic mass is 10.3. The zero-order chi connectivity index (χ0) is 12.3. The lowest BCUT2D eigenvalue weighted by Crippen LogP contribution is -2.35. The number of alkyl halides is 1. The van der Waals surface area contributed by atoms with Gasteiger partial charge in [0.2, 0.25) is 0 Å². The molecule has 1 unspecified atom stereocenters. The van der Waals surface area contributed by atoms with Gasteiger partial charge in [0, 0.05) is 18.4 Å². The van der Waals surface area contributed by atoms with Gasteiger partial charge in [0.05, 0.1) is 6.07 Å². The molecule has 0 fully saturated rings. The molecular weight excluding hydrogens is 280 g/mol. The molecule has 0 saturated carbocycles. The Hall–Kier alpha value is -1.37. The lowest BCUT2D eigenvalue weighted by Gasteiger charge is -2.21. The summed E-state index contributed by atoms with van der Waals surface area (Å²) in [6.45, 7) is 1.85. The topological polar surface area (TPSA) is 76.6 Å². The molecule has 1 atom stereocenters. The minimum Gasteiger partial charge on any atom is -0.395 e. The summed E-state index contributed by atoms with van der Waals surface area (Å²) in [5, 5.41) is 11.0. The first kappa shape index (κ1) is 12.7. The van der Waals surface area contributed by atoms with Gasteiger partial charge in [-0.1, -0.05) is 15.9 Å². The van der Waals surface area contributed by atoms with E-state index >= 15 is 0 Å². The molecule has 0 saturated heterocycles. The fourth-order valence-electron chi connectivity index (χ4n) is 1.02. The Balaban J connectivity index is 2.84. The highest BCUT2D eigenvalue weighted by molar-refractivity contribution is 9.09. The first-order valence-corrected chi connectivity index (χ1v) is 5.67. The second kappa shape index (κ2) is 5.11. The SMILES string of the molecule is CC(CBr)N(C)C(=O)c1ccc([N+](=O)[O-])o1. The predicted octanol–water partition coefficient (Wildman–Crippen LogP) is 2.04. The Morgan fingerprint density at radius 3 is 2.75 bits per heavy atom. The van der Waals surface area contributed by atoms with Crippen LogP contribution in [-0.2, 0) is 0 Å². The number of hydrogen-bond acceptors (Lipinski definition) is 4. The van der Waals surface area contributed by atoms with Crippen LogP contribution in [0.2, 0.25) is 0 Å². The molecule has 0 aliphatic carbocycles. The third-order valence-corrected chi connectivity index (χ3v) is 3.12. The van der Waals surface area contributed by atoms with E-state index in [1.54, 1.807) is 7.05 Å². The second-order valence-electron chi connectivity index (χ2n) is 3.31. The van der Waals surface area contributed by atoms with Crippen molar-refractivity contribution < 1.29 is 14.1 Å². The van der Waals surface area contributed by atoms with Gasteiger partial charge in [-0.3, -0.25) is 14.9 Å². The number of nitro groups is 1. The number of nitrogens with zero attached hydrogens (tertiary/aromatic N) is 2. The average Bonchev–Trinajstić information content (AvgIpc) is 2.75. The summed E-state index contributed by atoms with van der Waals surface area (Å²) in [6.07, 6.45) is 0. The van der Waals surface area contributed by atoms with E-state index in [2.05, 4.69) is 15.9 Å². The third-order valence-electron chi connectivity index (χ3n) is 2.19. The molecule has 0 radical (unpaired) electrons. The van der Waals surface area contributed by atoms with Gasteiger partial charge in [0.15, 0.2) is 5.76 Å². The number of furan rings is 1. The van der Waals surface area contributed by atoms with Crippen LogP contribution in [0.25, 0.3) is 0 Å². The van der Waals surface area contributed by atoms with Crippen LogP contribution in [0.15, 0.2) is 16.5 Å². The smallest absolute Gasteiger partial charge is 0.395 e. The van der Waals surface area contributed by atoms with Crippen LogP contribution in [0.5, 0.6) is 0 Å². The number of carbonyl (C=O) groups excluding carboxylic acids is 1. The number of rotatable bonds is 4. The van der Waals surface area contributed by atoms with Crippen molar-refractivity contribution in [1.29, 1.82) is 0 Å². The quantitative estimate of drug-likeness (QED) is 0.483. The fourth-order valence-corrected chi connectivity index (χ4v) is 1.45. The zero-order valence-corrected chi connectivity index (χ0v) is 10.4. The molecule has 1 rings (SSSR count). The Kier molecular flexibility index (Phi) is 4.05. The molecule has 1 aromatic heterocycles. The molecule has 16 heavy (non-hydrogen) atoms.